The molecule has 1 fully saturated rings. The number of piperazine rings is 1. The number of aryl methyl sites for hydroxylation is 3. The lowest BCUT2D eigenvalue weighted by molar-refractivity contribution is 0.0936. The third-order valence-corrected chi connectivity index (χ3v) is 6.98. The summed E-state index contributed by atoms with van der Waals surface area (Å²) in [7, 11) is 1.58. The molecule has 0 spiro atoms. The molecule has 0 bridgehead atoms. The van der Waals surface area contributed by atoms with E-state index >= 15 is 0 Å². The SMILES string of the molecule is Cc1ccc(OC[C@H](O)Cn2c(N3CCN(c4ccccc4)CC3)nc3c2c(=O)[nH]c(=O)n3C)cc1C. The van der Waals surface area contributed by atoms with Gasteiger partial charge in [-0.05, 0) is 49.2 Å². The molecule has 5 rings (SSSR count). The molecule has 10 heteroatoms. The highest BCUT2D eigenvalue weighted by Crippen LogP contribution is 2.24. The maximum atomic E-state index is 12.9. The average molecular weight is 505 g/mol. The molecule has 10 nitrogen and oxygen atoms in total. The highest BCUT2D eigenvalue weighted by atomic mass is 16.5. The lowest BCUT2D eigenvalue weighted by Crippen LogP contribution is -2.47. The van der Waals surface area contributed by atoms with E-state index in [1.165, 1.54) is 10.1 Å². The van der Waals surface area contributed by atoms with Gasteiger partial charge in [-0.1, -0.05) is 24.3 Å². The first-order valence-corrected chi connectivity index (χ1v) is 12.4. The van der Waals surface area contributed by atoms with Gasteiger partial charge in [-0.15, -0.1) is 0 Å². The van der Waals surface area contributed by atoms with E-state index in [1.54, 1.807) is 11.6 Å². The topological polar surface area (TPSA) is 109 Å². The zero-order valence-corrected chi connectivity index (χ0v) is 21.3. The van der Waals surface area contributed by atoms with Crippen LogP contribution >= 0.6 is 0 Å². The van der Waals surface area contributed by atoms with Gasteiger partial charge in [-0.2, -0.15) is 4.98 Å². The molecular formula is C27H32N6O4. The van der Waals surface area contributed by atoms with Crippen LogP contribution in [0.4, 0.5) is 11.6 Å². The van der Waals surface area contributed by atoms with Crippen molar-refractivity contribution < 1.29 is 9.84 Å². The number of ether oxygens (including phenoxy) is 1. The number of para-hydroxylation sites is 1. The van der Waals surface area contributed by atoms with Crippen molar-refractivity contribution in [3.05, 3.63) is 80.5 Å². The number of aromatic nitrogens is 4. The maximum absolute atomic E-state index is 12.9. The van der Waals surface area contributed by atoms with Crippen LogP contribution in [0.2, 0.25) is 0 Å². The molecule has 194 valence electrons. The summed E-state index contributed by atoms with van der Waals surface area (Å²) in [5.41, 5.74) is 2.93. The van der Waals surface area contributed by atoms with Gasteiger partial charge in [0.25, 0.3) is 5.56 Å². The lowest BCUT2D eigenvalue weighted by atomic mass is 10.1. The van der Waals surface area contributed by atoms with Crippen molar-refractivity contribution in [1.82, 2.24) is 19.1 Å². The van der Waals surface area contributed by atoms with Gasteiger partial charge in [0.2, 0.25) is 5.95 Å². The molecule has 0 amide bonds. The Labute approximate surface area is 214 Å². The molecule has 1 aliphatic rings. The summed E-state index contributed by atoms with van der Waals surface area (Å²) < 4.78 is 8.88. The number of anilines is 2. The Bertz CT molecular complexity index is 1520. The van der Waals surface area contributed by atoms with Crippen LogP contribution in [0, 0.1) is 13.8 Å². The smallest absolute Gasteiger partial charge is 0.329 e. The second kappa shape index (κ2) is 10.1. The van der Waals surface area contributed by atoms with Gasteiger partial charge in [0.1, 0.15) is 18.5 Å². The summed E-state index contributed by atoms with van der Waals surface area (Å²) in [6.07, 6.45) is -0.903. The zero-order chi connectivity index (χ0) is 26.1. The maximum Gasteiger partial charge on any atom is 0.329 e. The number of aliphatic hydroxyl groups is 1. The highest BCUT2D eigenvalue weighted by molar-refractivity contribution is 5.74. The summed E-state index contributed by atoms with van der Waals surface area (Å²) in [4.78, 5) is 36.6. The fourth-order valence-electron chi connectivity index (χ4n) is 4.70. The number of rotatable bonds is 7. The first-order valence-electron chi connectivity index (χ1n) is 12.4. The van der Waals surface area contributed by atoms with Crippen LogP contribution in [0.15, 0.2) is 58.1 Å². The van der Waals surface area contributed by atoms with Crippen LogP contribution < -0.4 is 25.8 Å². The number of benzene rings is 2. The summed E-state index contributed by atoms with van der Waals surface area (Å²) in [5.74, 6) is 1.23. The molecular weight excluding hydrogens is 472 g/mol. The molecule has 0 radical (unpaired) electrons. The predicted molar refractivity (Wildman–Crippen MR) is 144 cm³/mol. The number of aliphatic hydroxyl groups excluding tert-OH is 1. The highest BCUT2D eigenvalue weighted by Gasteiger charge is 2.26. The van der Waals surface area contributed by atoms with E-state index in [2.05, 4.69) is 26.9 Å². The number of fused-ring (bicyclic) bond motifs is 1. The minimum Gasteiger partial charge on any atom is -0.491 e. The van der Waals surface area contributed by atoms with Crippen molar-refractivity contribution >= 4 is 22.8 Å². The summed E-state index contributed by atoms with van der Waals surface area (Å²) in [6, 6.07) is 16.0. The van der Waals surface area contributed by atoms with Gasteiger partial charge in [-0.25, -0.2) is 4.79 Å². The normalized spacial score (nSPS) is 14.8. The van der Waals surface area contributed by atoms with Crippen LogP contribution in [0.25, 0.3) is 11.2 Å². The van der Waals surface area contributed by atoms with E-state index in [1.807, 2.05) is 50.2 Å². The summed E-state index contributed by atoms with van der Waals surface area (Å²) in [5, 5.41) is 10.9. The van der Waals surface area contributed by atoms with E-state index < -0.39 is 17.4 Å². The lowest BCUT2D eigenvalue weighted by Gasteiger charge is -2.36. The van der Waals surface area contributed by atoms with Gasteiger partial charge >= 0.3 is 5.69 Å². The second-order valence-corrected chi connectivity index (χ2v) is 9.53. The van der Waals surface area contributed by atoms with Gasteiger partial charge in [0.05, 0.1) is 6.54 Å². The molecule has 1 saturated heterocycles. The molecule has 2 aromatic carbocycles. The number of hydrogen-bond acceptors (Lipinski definition) is 7. The van der Waals surface area contributed by atoms with Crippen molar-refractivity contribution in [2.24, 2.45) is 7.05 Å². The standard InChI is InChI=1S/C27H32N6O4/c1-18-9-10-22(15-19(18)2)37-17-21(34)16-33-23-24(30(3)27(36)29-25(23)35)28-26(33)32-13-11-31(12-14-32)20-7-5-4-6-8-20/h4-10,15,21,34H,11-14,16-17H2,1-3H3,(H,29,35,36)/t21-/m1/s1. The Morgan fingerprint density at radius 2 is 1.70 bits per heavy atom. The van der Waals surface area contributed by atoms with Gasteiger partial charge in [-0.3, -0.25) is 14.3 Å². The van der Waals surface area contributed by atoms with Gasteiger partial charge in [0, 0.05) is 38.9 Å². The number of aromatic amines is 1. The zero-order valence-electron chi connectivity index (χ0n) is 21.3. The quantitative estimate of drug-likeness (QED) is 0.395. The van der Waals surface area contributed by atoms with E-state index in [9.17, 15) is 14.7 Å². The van der Waals surface area contributed by atoms with E-state index in [-0.39, 0.29) is 24.3 Å². The Hall–Kier alpha value is -4.05. The van der Waals surface area contributed by atoms with E-state index in [4.69, 9.17) is 9.72 Å². The summed E-state index contributed by atoms with van der Waals surface area (Å²) in [6.45, 7) is 7.10. The van der Waals surface area contributed by atoms with Crippen LogP contribution in [-0.4, -0.2) is 63.1 Å². The number of H-pyrrole nitrogens is 1. The monoisotopic (exact) mass is 504 g/mol. The van der Waals surface area contributed by atoms with Crippen molar-refractivity contribution in [1.29, 1.82) is 0 Å². The Morgan fingerprint density at radius 3 is 2.41 bits per heavy atom. The largest absolute Gasteiger partial charge is 0.491 e. The van der Waals surface area contributed by atoms with Crippen molar-refractivity contribution in [2.45, 2.75) is 26.5 Å². The van der Waals surface area contributed by atoms with Gasteiger partial charge < -0.3 is 24.2 Å². The Morgan fingerprint density at radius 1 is 1.00 bits per heavy atom. The van der Waals surface area contributed by atoms with Crippen LogP contribution in [0.3, 0.4) is 0 Å². The van der Waals surface area contributed by atoms with Crippen LogP contribution in [0.5, 0.6) is 5.75 Å². The Balaban J connectivity index is 1.41. The fourth-order valence-corrected chi connectivity index (χ4v) is 4.70. The molecule has 0 saturated carbocycles. The van der Waals surface area contributed by atoms with Crippen molar-refractivity contribution in [3.8, 4) is 5.75 Å². The molecule has 1 atom stereocenters. The minimum atomic E-state index is -0.903. The third kappa shape index (κ3) is 4.97. The molecule has 3 heterocycles. The number of imidazole rings is 1. The molecule has 2 aromatic heterocycles. The molecule has 0 unspecified atom stereocenters. The molecule has 2 N–H and O–H groups in total. The summed E-state index contributed by atoms with van der Waals surface area (Å²) >= 11 is 0. The van der Waals surface area contributed by atoms with E-state index in [0.29, 0.717) is 24.8 Å². The van der Waals surface area contributed by atoms with Gasteiger partial charge in [0.15, 0.2) is 11.2 Å². The number of hydrogen-bond donors (Lipinski definition) is 2. The van der Waals surface area contributed by atoms with Crippen LogP contribution in [0.1, 0.15) is 11.1 Å². The minimum absolute atomic E-state index is 0.0487. The Kier molecular flexibility index (Phi) is 6.75. The molecule has 4 aromatic rings. The third-order valence-electron chi connectivity index (χ3n) is 6.98. The fraction of sp³-hybridized carbons (Fsp3) is 0.370. The average Bonchev–Trinajstić information content (AvgIpc) is 3.28. The van der Waals surface area contributed by atoms with Crippen LogP contribution in [-0.2, 0) is 13.6 Å². The molecule has 1 aliphatic heterocycles. The second-order valence-electron chi connectivity index (χ2n) is 9.53. The molecule has 37 heavy (non-hydrogen) atoms. The van der Waals surface area contributed by atoms with E-state index in [0.717, 1.165) is 24.3 Å². The van der Waals surface area contributed by atoms with Crippen molar-refractivity contribution in [2.75, 3.05) is 42.6 Å². The first kappa shape index (κ1) is 24.6. The first-order chi connectivity index (χ1) is 17.8. The van der Waals surface area contributed by atoms with Crippen molar-refractivity contribution in [3.63, 3.8) is 0 Å². The number of nitrogens with zero attached hydrogens (tertiary/aromatic N) is 5. The molecule has 0 aliphatic carbocycles. The number of nitrogens with one attached hydrogen (secondary N) is 1. The predicted octanol–water partition coefficient (Wildman–Crippen LogP) is 1.81.